The van der Waals surface area contributed by atoms with Gasteiger partial charge in [-0.15, -0.1) is 5.10 Å². The first kappa shape index (κ1) is 11.6. The molecule has 0 spiro atoms. The molecule has 1 aromatic rings. The van der Waals surface area contributed by atoms with Crippen molar-refractivity contribution in [3.63, 3.8) is 0 Å². The van der Waals surface area contributed by atoms with Gasteiger partial charge < -0.3 is 10.4 Å². The fourth-order valence-corrected chi connectivity index (χ4v) is 1.11. The molecule has 1 heterocycles. The highest BCUT2D eigenvalue weighted by atomic mass is 16.3. The molecular weight excluding hydrogens is 196 g/mol. The van der Waals surface area contributed by atoms with Crippen LogP contribution in [0.15, 0.2) is 6.20 Å². The predicted molar refractivity (Wildman–Crippen MR) is 54.1 cm³/mol. The molecule has 1 amide bonds. The van der Waals surface area contributed by atoms with Crippen molar-refractivity contribution in [2.75, 3.05) is 6.54 Å². The van der Waals surface area contributed by atoms with Crippen molar-refractivity contribution in [1.82, 2.24) is 20.3 Å². The number of nitrogens with one attached hydrogen (secondary N) is 1. The summed E-state index contributed by atoms with van der Waals surface area (Å²) < 4.78 is 1.44. The maximum absolute atomic E-state index is 11.5. The van der Waals surface area contributed by atoms with E-state index in [0.29, 0.717) is 12.2 Å². The van der Waals surface area contributed by atoms with Crippen LogP contribution in [0.4, 0.5) is 0 Å². The summed E-state index contributed by atoms with van der Waals surface area (Å²) >= 11 is 0. The van der Waals surface area contributed by atoms with E-state index in [2.05, 4.69) is 15.6 Å². The average Bonchev–Trinajstić information content (AvgIpc) is 2.65. The van der Waals surface area contributed by atoms with Gasteiger partial charge in [0, 0.05) is 6.54 Å². The zero-order chi connectivity index (χ0) is 11.4. The number of aromatic nitrogens is 3. The molecule has 1 aromatic heterocycles. The lowest BCUT2D eigenvalue weighted by Gasteiger charge is -2.10. The van der Waals surface area contributed by atoms with E-state index >= 15 is 0 Å². The molecule has 2 unspecified atom stereocenters. The van der Waals surface area contributed by atoms with Gasteiger partial charge in [0.05, 0.1) is 12.3 Å². The van der Waals surface area contributed by atoms with Crippen LogP contribution in [0.5, 0.6) is 0 Å². The van der Waals surface area contributed by atoms with E-state index in [1.54, 1.807) is 20.0 Å². The summed E-state index contributed by atoms with van der Waals surface area (Å²) in [5, 5.41) is 19.5. The normalized spacial score (nSPS) is 14.7. The SMILES string of the molecule is CCNC(=O)C(C)n1cc(C(C)O)nn1. The van der Waals surface area contributed by atoms with E-state index in [4.69, 9.17) is 0 Å². The number of likely N-dealkylation sites (N-methyl/N-ethyl adjacent to an activating group) is 1. The molecule has 2 N–H and O–H groups in total. The van der Waals surface area contributed by atoms with Crippen LogP contribution in [-0.4, -0.2) is 32.6 Å². The highest BCUT2D eigenvalue weighted by Gasteiger charge is 2.16. The van der Waals surface area contributed by atoms with Gasteiger partial charge in [0.2, 0.25) is 5.91 Å². The highest BCUT2D eigenvalue weighted by Crippen LogP contribution is 2.10. The standard InChI is InChI=1S/C9H16N4O2/c1-4-10-9(15)6(2)13-5-8(7(3)14)11-12-13/h5-7,14H,4H2,1-3H3,(H,10,15). The molecule has 1 rings (SSSR count). The summed E-state index contributed by atoms with van der Waals surface area (Å²) in [6, 6.07) is -0.412. The van der Waals surface area contributed by atoms with Crippen LogP contribution in [0.25, 0.3) is 0 Å². The number of aliphatic hydroxyl groups is 1. The molecule has 2 atom stereocenters. The number of rotatable bonds is 4. The molecular formula is C9H16N4O2. The highest BCUT2D eigenvalue weighted by molar-refractivity contribution is 5.79. The Hall–Kier alpha value is -1.43. The fourth-order valence-electron chi connectivity index (χ4n) is 1.11. The van der Waals surface area contributed by atoms with Crippen LogP contribution >= 0.6 is 0 Å². The lowest BCUT2D eigenvalue weighted by atomic mass is 10.3. The summed E-state index contributed by atoms with van der Waals surface area (Å²) in [6.07, 6.45) is 0.907. The molecule has 0 bridgehead atoms. The Balaban J connectivity index is 2.73. The largest absolute Gasteiger partial charge is 0.387 e. The molecule has 6 heteroatoms. The summed E-state index contributed by atoms with van der Waals surface area (Å²) in [7, 11) is 0. The number of aliphatic hydroxyl groups excluding tert-OH is 1. The fraction of sp³-hybridized carbons (Fsp3) is 0.667. The van der Waals surface area contributed by atoms with Crippen molar-refractivity contribution >= 4 is 5.91 Å². The smallest absolute Gasteiger partial charge is 0.244 e. The third kappa shape index (κ3) is 2.76. The molecule has 0 aliphatic heterocycles. The van der Waals surface area contributed by atoms with Gasteiger partial charge in [0.15, 0.2) is 0 Å². The average molecular weight is 212 g/mol. The minimum atomic E-state index is -0.666. The van der Waals surface area contributed by atoms with Crippen LogP contribution in [0.3, 0.4) is 0 Å². The second-order valence-electron chi connectivity index (χ2n) is 3.37. The predicted octanol–water partition coefficient (Wildman–Crippen LogP) is 0.0285. The Labute approximate surface area is 88.3 Å². The van der Waals surface area contributed by atoms with Gasteiger partial charge in [-0.2, -0.15) is 0 Å². The van der Waals surface area contributed by atoms with E-state index in [1.165, 1.54) is 4.68 Å². The number of hydrogen-bond acceptors (Lipinski definition) is 4. The van der Waals surface area contributed by atoms with Gasteiger partial charge in [-0.05, 0) is 20.8 Å². The molecule has 84 valence electrons. The molecule has 0 fully saturated rings. The van der Waals surface area contributed by atoms with Crippen LogP contribution in [-0.2, 0) is 4.79 Å². The van der Waals surface area contributed by atoms with Crippen molar-refractivity contribution in [2.45, 2.75) is 32.9 Å². The zero-order valence-corrected chi connectivity index (χ0v) is 9.14. The molecule has 6 nitrogen and oxygen atoms in total. The first-order chi connectivity index (χ1) is 7.06. The lowest BCUT2D eigenvalue weighted by molar-refractivity contribution is -0.124. The first-order valence-corrected chi connectivity index (χ1v) is 4.93. The molecule has 0 aliphatic rings. The number of carbonyl (C=O) groups excluding carboxylic acids is 1. The Morgan fingerprint density at radius 3 is 2.80 bits per heavy atom. The van der Waals surface area contributed by atoms with Crippen molar-refractivity contribution in [3.05, 3.63) is 11.9 Å². The Morgan fingerprint density at radius 2 is 2.33 bits per heavy atom. The number of carbonyl (C=O) groups is 1. The number of amides is 1. The third-order valence-electron chi connectivity index (χ3n) is 2.08. The third-order valence-corrected chi connectivity index (χ3v) is 2.08. The van der Waals surface area contributed by atoms with Crippen molar-refractivity contribution in [3.8, 4) is 0 Å². The molecule has 0 aliphatic carbocycles. The van der Waals surface area contributed by atoms with Crippen molar-refractivity contribution in [1.29, 1.82) is 0 Å². The van der Waals surface area contributed by atoms with Gasteiger partial charge in [-0.1, -0.05) is 5.21 Å². The van der Waals surface area contributed by atoms with Crippen molar-refractivity contribution in [2.24, 2.45) is 0 Å². The molecule has 15 heavy (non-hydrogen) atoms. The van der Waals surface area contributed by atoms with E-state index in [9.17, 15) is 9.90 Å². The summed E-state index contributed by atoms with van der Waals surface area (Å²) in [6.45, 7) is 5.77. The Bertz CT molecular complexity index is 335. The van der Waals surface area contributed by atoms with Gasteiger partial charge in [0.25, 0.3) is 0 Å². The maximum Gasteiger partial charge on any atom is 0.244 e. The van der Waals surface area contributed by atoms with Crippen LogP contribution in [0.2, 0.25) is 0 Å². The van der Waals surface area contributed by atoms with E-state index < -0.39 is 12.1 Å². The summed E-state index contributed by atoms with van der Waals surface area (Å²) in [5.41, 5.74) is 0.464. The minimum absolute atomic E-state index is 0.112. The molecule has 0 saturated heterocycles. The molecule has 0 saturated carbocycles. The zero-order valence-electron chi connectivity index (χ0n) is 9.14. The molecule has 0 radical (unpaired) electrons. The molecule has 0 aromatic carbocycles. The number of nitrogens with zero attached hydrogens (tertiary/aromatic N) is 3. The van der Waals surface area contributed by atoms with Gasteiger partial charge >= 0.3 is 0 Å². The monoisotopic (exact) mass is 212 g/mol. The minimum Gasteiger partial charge on any atom is -0.387 e. The van der Waals surface area contributed by atoms with Gasteiger partial charge in [0.1, 0.15) is 11.7 Å². The van der Waals surface area contributed by atoms with Gasteiger partial charge in [-0.25, -0.2) is 4.68 Å². The Morgan fingerprint density at radius 1 is 1.67 bits per heavy atom. The quantitative estimate of drug-likeness (QED) is 0.737. The summed E-state index contributed by atoms with van der Waals surface area (Å²) in [4.78, 5) is 11.5. The number of hydrogen-bond donors (Lipinski definition) is 2. The Kier molecular flexibility index (Phi) is 3.79. The summed E-state index contributed by atoms with van der Waals surface area (Å²) in [5.74, 6) is -0.112. The van der Waals surface area contributed by atoms with Crippen LogP contribution < -0.4 is 5.32 Å². The van der Waals surface area contributed by atoms with Crippen LogP contribution in [0, 0.1) is 0 Å². The van der Waals surface area contributed by atoms with E-state index in [1.807, 2.05) is 6.92 Å². The van der Waals surface area contributed by atoms with Crippen LogP contribution in [0.1, 0.15) is 38.6 Å². The van der Waals surface area contributed by atoms with E-state index in [0.717, 1.165) is 0 Å². The topological polar surface area (TPSA) is 80.0 Å². The lowest BCUT2D eigenvalue weighted by Crippen LogP contribution is -2.31. The van der Waals surface area contributed by atoms with Crippen molar-refractivity contribution < 1.29 is 9.90 Å². The van der Waals surface area contributed by atoms with E-state index in [-0.39, 0.29) is 5.91 Å². The first-order valence-electron chi connectivity index (χ1n) is 4.93. The second kappa shape index (κ2) is 4.88. The maximum atomic E-state index is 11.5. The second-order valence-corrected chi connectivity index (χ2v) is 3.37. The van der Waals surface area contributed by atoms with Gasteiger partial charge in [-0.3, -0.25) is 4.79 Å².